The lowest BCUT2D eigenvalue weighted by Gasteiger charge is -2.34. The van der Waals surface area contributed by atoms with Gasteiger partial charge in [0, 0.05) is 48.7 Å². The molecule has 0 aliphatic carbocycles. The standard InChI is InChI=1S/C21H25ClN2O3S/c1-16-12-18(22)2-4-20(16)27-11-10-23-6-8-24(9-7-23)21(26)5-3-19-13-17(14-25)15-28-19/h2-5,12-13,15,25H,6-11,14H2,1H3/b5-3+. The highest BCUT2D eigenvalue weighted by Crippen LogP contribution is 2.21. The summed E-state index contributed by atoms with van der Waals surface area (Å²) >= 11 is 7.49. The third-order valence-corrected chi connectivity index (χ3v) is 5.91. The van der Waals surface area contributed by atoms with Crippen LogP contribution in [0.1, 0.15) is 16.0 Å². The van der Waals surface area contributed by atoms with Crippen molar-refractivity contribution in [3.8, 4) is 5.75 Å². The van der Waals surface area contributed by atoms with Crippen LogP contribution in [0.15, 0.2) is 35.7 Å². The first-order valence-electron chi connectivity index (χ1n) is 9.32. The number of benzene rings is 1. The summed E-state index contributed by atoms with van der Waals surface area (Å²) in [7, 11) is 0. The van der Waals surface area contributed by atoms with Crippen molar-refractivity contribution in [3.05, 3.63) is 56.7 Å². The van der Waals surface area contributed by atoms with Crippen molar-refractivity contribution < 1.29 is 14.6 Å². The van der Waals surface area contributed by atoms with Crippen molar-refractivity contribution >= 4 is 34.9 Å². The fourth-order valence-corrected chi connectivity index (χ4v) is 4.10. The van der Waals surface area contributed by atoms with E-state index in [4.69, 9.17) is 21.4 Å². The third kappa shape index (κ3) is 5.82. The van der Waals surface area contributed by atoms with Crippen LogP contribution in [0, 0.1) is 6.92 Å². The molecule has 0 radical (unpaired) electrons. The van der Waals surface area contributed by atoms with Crippen LogP contribution in [0.5, 0.6) is 5.75 Å². The normalized spacial score (nSPS) is 15.3. The maximum Gasteiger partial charge on any atom is 0.246 e. The lowest BCUT2D eigenvalue weighted by atomic mass is 10.2. The largest absolute Gasteiger partial charge is 0.492 e. The molecule has 1 N–H and O–H groups in total. The molecule has 1 saturated heterocycles. The summed E-state index contributed by atoms with van der Waals surface area (Å²) in [6, 6.07) is 7.53. The summed E-state index contributed by atoms with van der Waals surface area (Å²) in [4.78, 5) is 17.5. The van der Waals surface area contributed by atoms with E-state index in [1.54, 1.807) is 6.08 Å². The molecular weight excluding hydrogens is 396 g/mol. The number of aliphatic hydroxyl groups excluding tert-OH is 1. The molecule has 1 aromatic carbocycles. The minimum Gasteiger partial charge on any atom is -0.492 e. The summed E-state index contributed by atoms with van der Waals surface area (Å²) in [6.45, 7) is 6.58. The number of piperazine rings is 1. The number of aryl methyl sites for hydroxylation is 1. The maximum absolute atomic E-state index is 12.4. The third-order valence-electron chi connectivity index (χ3n) is 4.73. The molecule has 2 heterocycles. The number of thiophene rings is 1. The molecule has 1 aliphatic heterocycles. The van der Waals surface area contributed by atoms with Gasteiger partial charge in [-0.3, -0.25) is 9.69 Å². The average Bonchev–Trinajstić information content (AvgIpc) is 3.16. The number of carbonyl (C=O) groups excluding carboxylic acids is 1. The molecule has 3 rings (SSSR count). The lowest BCUT2D eigenvalue weighted by molar-refractivity contribution is -0.127. The van der Waals surface area contributed by atoms with Crippen molar-refractivity contribution in [2.24, 2.45) is 0 Å². The van der Waals surface area contributed by atoms with E-state index >= 15 is 0 Å². The lowest BCUT2D eigenvalue weighted by Crippen LogP contribution is -2.49. The minimum atomic E-state index is 0.0293. The second-order valence-electron chi connectivity index (χ2n) is 6.77. The number of hydrogen-bond donors (Lipinski definition) is 1. The van der Waals surface area contributed by atoms with Gasteiger partial charge in [0.15, 0.2) is 0 Å². The van der Waals surface area contributed by atoms with Crippen LogP contribution in [0.2, 0.25) is 5.02 Å². The van der Waals surface area contributed by atoms with Crippen LogP contribution >= 0.6 is 22.9 Å². The van der Waals surface area contributed by atoms with Gasteiger partial charge in [-0.2, -0.15) is 0 Å². The molecule has 0 unspecified atom stereocenters. The van der Waals surface area contributed by atoms with Gasteiger partial charge in [0.25, 0.3) is 0 Å². The summed E-state index contributed by atoms with van der Waals surface area (Å²) < 4.78 is 5.86. The Hall–Kier alpha value is -1.86. The second-order valence-corrected chi connectivity index (χ2v) is 8.15. The van der Waals surface area contributed by atoms with E-state index in [2.05, 4.69) is 4.90 Å². The van der Waals surface area contributed by atoms with Crippen LogP contribution in [-0.2, 0) is 11.4 Å². The van der Waals surface area contributed by atoms with Gasteiger partial charge in [0.1, 0.15) is 12.4 Å². The monoisotopic (exact) mass is 420 g/mol. The number of aliphatic hydroxyl groups is 1. The Morgan fingerprint density at radius 2 is 2.07 bits per heavy atom. The van der Waals surface area contributed by atoms with Crippen LogP contribution in [0.4, 0.5) is 0 Å². The molecule has 1 aromatic heterocycles. The average molecular weight is 421 g/mol. The van der Waals surface area contributed by atoms with Crippen molar-refractivity contribution in [2.75, 3.05) is 39.3 Å². The molecule has 28 heavy (non-hydrogen) atoms. The van der Waals surface area contributed by atoms with Crippen molar-refractivity contribution in [1.29, 1.82) is 0 Å². The Labute approximate surface area is 174 Å². The fraction of sp³-hybridized carbons (Fsp3) is 0.381. The molecule has 2 aromatic rings. The Kier molecular flexibility index (Phi) is 7.50. The van der Waals surface area contributed by atoms with Crippen molar-refractivity contribution in [2.45, 2.75) is 13.5 Å². The van der Waals surface area contributed by atoms with E-state index in [1.165, 1.54) is 11.3 Å². The van der Waals surface area contributed by atoms with Crippen LogP contribution in [0.25, 0.3) is 6.08 Å². The number of carbonyl (C=O) groups is 1. The number of hydrogen-bond acceptors (Lipinski definition) is 5. The van der Waals surface area contributed by atoms with E-state index in [0.29, 0.717) is 11.6 Å². The van der Waals surface area contributed by atoms with Gasteiger partial charge in [-0.15, -0.1) is 11.3 Å². The van der Waals surface area contributed by atoms with E-state index in [0.717, 1.165) is 54.5 Å². The summed E-state index contributed by atoms with van der Waals surface area (Å²) in [6.07, 6.45) is 3.44. The van der Waals surface area contributed by atoms with Crippen LogP contribution in [-0.4, -0.2) is 60.1 Å². The topological polar surface area (TPSA) is 53.0 Å². The summed E-state index contributed by atoms with van der Waals surface area (Å²) in [5.74, 6) is 0.896. The highest BCUT2D eigenvalue weighted by atomic mass is 35.5. The number of halogens is 1. The Morgan fingerprint density at radius 3 is 2.75 bits per heavy atom. The fourth-order valence-electron chi connectivity index (χ4n) is 3.07. The zero-order chi connectivity index (χ0) is 19.9. The van der Waals surface area contributed by atoms with E-state index in [1.807, 2.05) is 47.5 Å². The Morgan fingerprint density at radius 1 is 1.29 bits per heavy atom. The first-order valence-corrected chi connectivity index (χ1v) is 10.6. The molecule has 1 amide bonds. The van der Waals surface area contributed by atoms with Gasteiger partial charge in [-0.1, -0.05) is 11.6 Å². The van der Waals surface area contributed by atoms with Crippen molar-refractivity contribution in [3.63, 3.8) is 0 Å². The van der Waals surface area contributed by atoms with E-state index < -0.39 is 0 Å². The molecule has 0 spiro atoms. The summed E-state index contributed by atoms with van der Waals surface area (Å²) in [5, 5.41) is 11.7. The van der Waals surface area contributed by atoms with Crippen LogP contribution < -0.4 is 4.74 Å². The second kappa shape index (κ2) is 10.1. The molecule has 150 valence electrons. The molecule has 1 fully saturated rings. The van der Waals surface area contributed by atoms with Gasteiger partial charge >= 0.3 is 0 Å². The first-order chi connectivity index (χ1) is 13.5. The van der Waals surface area contributed by atoms with Crippen LogP contribution in [0.3, 0.4) is 0 Å². The van der Waals surface area contributed by atoms with Gasteiger partial charge in [-0.05, 0) is 53.8 Å². The molecular formula is C21H25ClN2O3S. The smallest absolute Gasteiger partial charge is 0.246 e. The van der Waals surface area contributed by atoms with Gasteiger partial charge < -0.3 is 14.7 Å². The first kappa shape index (κ1) is 20.9. The highest BCUT2D eigenvalue weighted by molar-refractivity contribution is 7.11. The Balaban J connectivity index is 1.39. The molecule has 5 nitrogen and oxygen atoms in total. The van der Waals surface area contributed by atoms with Gasteiger partial charge in [0.2, 0.25) is 5.91 Å². The van der Waals surface area contributed by atoms with E-state index in [-0.39, 0.29) is 12.5 Å². The quantitative estimate of drug-likeness (QED) is 0.697. The molecule has 0 atom stereocenters. The van der Waals surface area contributed by atoms with Gasteiger partial charge in [-0.25, -0.2) is 0 Å². The molecule has 0 bridgehead atoms. The molecule has 7 heteroatoms. The zero-order valence-electron chi connectivity index (χ0n) is 15.9. The number of amides is 1. The minimum absolute atomic E-state index is 0.0293. The predicted molar refractivity (Wildman–Crippen MR) is 114 cm³/mol. The van der Waals surface area contributed by atoms with Crippen molar-refractivity contribution in [1.82, 2.24) is 9.80 Å². The maximum atomic E-state index is 12.4. The Bertz CT molecular complexity index is 829. The number of ether oxygens (including phenoxy) is 1. The highest BCUT2D eigenvalue weighted by Gasteiger charge is 2.19. The molecule has 1 aliphatic rings. The predicted octanol–water partition coefficient (Wildman–Crippen LogP) is 3.44. The zero-order valence-corrected chi connectivity index (χ0v) is 17.5. The molecule has 0 saturated carbocycles. The van der Waals surface area contributed by atoms with E-state index in [9.17, 15) is 4.79 Å². The SMILES string of the molecule is Cc1cc(Cl)ccc1OCCN1CCN(C(=O)/C=C/c2cc(CO)cs2)CC1. The number of nitrogens with zero attached hydrogens (tertiary/aromatic N) is 2. The number of rotatable bonds is 7. The van der Waals surface area contributed by atoms with Gasteiger partial charge in [0.05, 0.1) is 6.61 Å². The summed E-state index contributed by atoms with van der Waals surface area (Å²) in [5.41, 5.74) is 1.91.